The molecule has 4 heterocycles. The molecule has 8 aliphatic rings. The van der Waals surface area contributed by atoms with E-state index in [2.05, 4.69) is 25.2 Å². The number of carbonyl (C=O) groups excluding carboxylic acids is 2. The van der Waals surface area contributed by atoms with E-state index < -0.39 is 21.4 Å². The predicted molar refractivity (Wildman–Crippen MR) is 482 cm³/mol. The van der Waals surface area contributed by atoms with Crippen LogP contribution in [0.5, 0.6) is 0 Å². The molecular formula is C102H105BrClF10MgN5O7S. The molecule has 10 aromatic rings. The summed E-state index contributed by atoms with van der Waals surface area (Å²) in [6.45, 7) is 0. The Kier molecular flexibility index (Phi) is 40.8. The van der Waals surface area contributed by atoms with Gasteiger partial charge in [-0.1, -0.05) is 117 Å². The van der Waals surface area contributed by atoms with Gasteiger partial charge in [0.1, 0.15) is 57.4 Å². The molecule has 7 aliphatic carbocycles. The molecule has 1 amide bonds. The minimum atomic E-state index is -5.68. The van der Waals surface area contributed by atoms with Gasteiger partial charge < -0.3 is 42.5 Å². The maximum Gasteiger partial charge on any atom is 2.00 e. The van der Waals surface area contributed by atoms with Gasteiger partial charge in [-0.3, -0.25) is 14.6 Å². The van der Waals surface area contributed by atoms with E-state index in [4.69, 9.17) is 27.8 Å². The number of aliphatic hydroxyl groups is 1. The third-order valence-corrected chi connectivity index (χ3v) is 24.5. The number of rotatable bonds is 13. The molecule has 1 aliphatic heterocycles. The fraction of sp³-hybridized carbons (Fsp3) is 0.343. The van der Waals surface area contributed by atoms with Crippen LogP contribution < -0.4 is 28.4 Å². The van der Waals surface area contributed by atoms with Crippen LogP contribution in [0.4, 0.5) is 49.7 Å². The van der Waals surface area contributed by atoms with Crippen LogP contribution in [0, 0.1) is 46.8 Å². The van der Waals surface area contributed by atoms with Gasteiger partial charge in [-0.25, -0.2) is 40.7 Å². The molecule has 0 radical (unpaired) electrons. The van der Waals surface area contributed by atoms with E-state index in [1.807, 2.05) is 72.8 Å². The van der Waals surface area contributed by atoms with Crippen LogP contribution in [0.15, 0.2) is 231 Å². The normalized spacial score (nSPS) is 18.8. The first-order valence-electron chi connectivity index (χ1n) is 43.2. The maximum atomic E-state index is 13.2. The SMILES string of the molecule is C1CCC2OC2C1.Fc1cc[c-]cc1.Fc1ccc(C2=C(c3ccnc(Cl)c3)CCCC2)cc1.NC(=O)Cc1cc(C2=C(c3ccc(F)cc3)CCCC2)ccn1.Nc1cc(C2=C(c3ccc(F)cc3)CCCC2)ccn1.O=C1CCCCC1c1ccc(F)cc1.O=S(=O)(OC1=C(c2ccc(F)cc2)CCCC1)C(F)(F)F.OC1CCCCC1c1ccc(F)cc1.[Br-].[Mg+2]. The van der Waals surface area contributed by atoms with Crippen molar-refractivity contribution in [3.63, 3.8) is 0 Å². The summed E-state index contributed by atoms with van der Waals surface area (Å²) in [7, 11) is -5.68. The van der Waals surface area contributed by atoms with Gasteiger partial charge in [-0.15, -0.1) is 12.1 Å². The van der Waals surface area contributed by atoms with Gasteiger partial charge in [0.05, 0.1) is 30.4 Å². The molecule has 5 unspecified atom stereocenters. The number of benzene rings is 7. The van der Waals surface area contributed by atoms with Crippen molar-refractivity contribution < 1.29 is 92.9 Å². The zero-order valence-corrected chi connectivity index (χ0v) is 75.9. The number of hydrogen-bond donors (Lipinski definition) is 3. The van der Waals surface area contributed by atoms with E-state index in [1.54, 1.807) is 42.9 Å². The Hall–Kier alpha value is -9.60. The number of fused-ring (bicyclic) bond motifs is 1. The summed E-state index contributed by atoms with van der Waals surface area (Å²) < 4.78 is 158. The first-order chi connectivity index (χ1) is 60.7. The van der Waals surface area contributed by atoms with E-state index >= 15 is 0 Å². The molecule has 18 rings (SSSR count). The van der Waals surface area contributed by atoms with Crippen LogP contribution >= 0.6 is 11.6 Å². The summed E-state index contributed by atoms with van der Waals surface area (Å²) >= 11 is 6.00. The second-order valence-electron chi connectivity index (χ2n) is 32.2. The minimum Gasteiger partial charge on any atom is -1.00 e. The average Bonchev–Trinajstić information content (AvgIpc) is 1.03. The fourth-order valence-electron chi connectivity index (χ4n) is 16.8. The molecule has 672 valence electrons. The quantitative estimate of drug-likeness (QED) is 0.0189. The maximum absolute atomic E-state index is 13.2. The number of primary amides is 1. The molecule has 12 nitrogen and oxygen atoms in total. The molecule has 3 aromatic heterocycles. The number of aromatic nitrogens is 3. The average molecular weight is 1870 g/mol. The number of carbonyl (C=O) groups is 2. The van der Waals surface area contributed by atoms with Crippen LogP contribution in [0.2, 0.25) is 5.15 Å². The van der Waals surface area contributed by atoms with Gasteiger partial charge in [0, 0.05) is 49.1 Å². The summed E-state index contributed by atoms with van der Waals surface area (Å²) in [5, 5.41) is 10.3. The third kappa shape index (κ3) is 31.6. The zero-order valence-electron chi connectivity index (χ0n) is 71.3. The molecule has 5 atom stereocenters. The molecule has 1 saturated heterocycles. The van der Waals surface area contributed by atoms with Crippen LogP contribution in [-0.4, -0.2) is 87.0 Å². The number of hydrogen-bond acceptors (Lipinski definition) is 11. The monoisotopic (exact) mass is 1870 g/mol. The van der Waals surface area contributed by atoms with E-state index in [1.165, 1.54) is 188 Å². The number of halogens is 12. The summed E-state index contributed by atoms with van der Waals surface area (Å²) in [5.41, 5.74) is 23.5. The molecule has 3 saturated carbocycles. The number of ketones is 1. The van der Waals surface area contributed by atoms with E-state index in [0.717, 1.165) is 147 Å². The molecule has 5 N–H and O–H groups in total. The summed E-state index contributed by atoms with van der Waals surface area (Å²) in [4.78, 5) is 35.0. The first kappa shape index (κ1) is 102. The Balaban J connectivity index is 0.000000168. The zero-order chi connectivity index (χ0) is 89.5. The number of pyridine rings is 3. The van der Waals surface area contributed by atoms with Crippen molar-refractivity contribution in [3.8, 4) is 0 Å². The number of Topliss-reactive ketones (excluding diaryl/α,β-unsaturated/α-hetero) is 1. The van der Waals surface area contributed by atoms with Crippen molar-refractivity contribution in [2.75, 3.05) is 5.73 Å². The van der Waals surface area contributed by atoms with Crippen LogP contribution in [-0.2, 0) is 35.0 Å². The molecule has 0 bridgehead atoms. The van der Waals surface area contributed by atoms with Crippen LogP contribution in [0.1, 0.15) is 247 Å². The molecule has 4 fully saturated rings. The molecule has 128 heavy (non-hydrogen) atoms. The van der Waals surface area contributed by atoms with Crippen LogP contribution in [0.25, 0.3) is 39.0 Å². The van der Waals surface area contributed by atoms with Gasteiger partial charge in [-0.05, 0) is 333 Å². The van der Waals surface area contributed by atoms with Gasteiger partial charge in [0.15, 0.2) is 0 Å². The second kappa shape index (κ2) is 51.1. The first-order valence-corrected chi connectivity index (χ1v) is 45.0. The topological polar surface area (TPSA) is 201 Å². The number of nitrogen functional groups attached to an aromatic ring is 1. The standard InChI is InChI=1S/C19H19FN2O.C17H15ClFN.C17H17FN2.C13H12F4O3S.C12H15FO.C12H13FO.C6H4F.C6H10O.BrH.Mg/c20-15-7-5-13(6-8-15)17-3-1-2-4-18(17)14-9-10-22-16(11-14)12-19(21)23;18-17-11-13(9-10-20-17)16-4-2-1-3-15(16)12-5-7-14(19)8-6-12;18-14-7-5-12(6-8-14)15-3-1-2-4-16(15)13-9-10-20-17(19)11-13;14-10-7-5-9(6-8-10)11-3-1-2-4-12(11)20-21(18,19)13(15,16)17;2*13-10-7-5-9(6-8-10)11-3-1-2-4-12(11)14;7-6-4-2-1-3-5-6;1-2-4-6-5(3-1)7-6;;/h5-11H,1-4,12H2,(H2,21,23);5-11H,1-4H2;5-11H,1-4H2,(H2,19,20);5-8H,1-4H2;5-8,11-12,14H,1-4H2;5-8,11H,1-4H2;2-5H;5-6H,1-4H2;1H;/q;;;;;;-1;;;+2/p-1. The van der Waals surface area contributed by atoms with Gasteiger partial charge >= 0.3 is 38.7 Å². The number of nitrogens with zero attached hydrogens (tertiary/aromatic N) is 3. The van der Waals surface area contributed by atoms with E-state index in [-0.39, 0.29) is 117 Å². The predicted octanol–water partition coefficient (Wildman–Crippen LogP) is 22.8. The minimum absolute atomic E-state index is 0. The van der Waals surface area contributed by atoms with Gasteiger partial charge in [-0.2, -0.15) is 39.8 Å². The van der Waals surface area contributed by atoms with Gasteiger partial charge in [0.2, 0.25) is 5.91 Å². The largest absolute Gasteiger partial charge is 2.00 e. The summed E-state index contributed by atoms with van der Waals surface area (Å²) in [6.07, 6.45) is 34.7. The Morgan fingerprint density at radius 1 is 0.438 bits per heavy atom. The fourth-order valence-corrected chi connectivity index (χ4v) is 17.6. The smallest absolute Gasteiger partial charge is 1.00 e. The van der Waals surface area contributed by atoms with Crippen molar-refractivity contribution in [1.29, 1.82) is 0 Å². The number of anilines is 1. The number of amides is 1. The molecule has 7 aromatic carbocycles. The van der Waals surface area contributed by atoms with E-state index in [0.29, 0.717) is 71.5 Å². The number of nitrogens with two attached hydrogens (primary N) is 2. The van der Waals surface area contributed by atoms with E-state index in [9.17, 15) is 67.0 Å². The number of aliphatic hydroxyl groups excluding tert-OH is 1. The molecular weight excluding hydrogens is 1770 g/mol. The summed E-state index contributed by atoms with van der Waals surface area (Å²) in [6, 6.07) is 58.3. The van der Waals surface area contributed by atoms with Crippen molar-refractivity contribution in [1.82, 2.24) is 15.0 Å². The Labute approximate surface area is 775 Å². The number of epoxide rings is 1. The summed E-state index contributed by atoms with van der Waals surface area (Å²) in [5.74, 6) is -1.28. The van der Waals surface area contributed by atoms with Crippen molar-refractivity contribution in [2.45, 2.75) is 222 Å². The molecule has 0 spiro atoms. The molecule has 26 heteroatoms. The van der Waals surface area contributed by atoms with Crippen molar-refractivity contribution in [2.24, 2.45) is 5.73 Å². The Morgan fingerprint density at radius 3 is 1.19 bits per heavy atom. The third-order valence-electron chi connectivity index (χ3n) is 23.3. The van der Waals surface area contributed by atoms with Crippen molar-refractivity contribution >= 4 is 101 Å². The Morgan fingerprint density at radius 2 is 0.789 bits per heavy atom. The number of ether oxygens (including phenoxy) is 1. The van der Waals surface area contributed by atoms with Gasteiger partial charge in [0.25, 0.3) is 0 Å². The van der Waals surface area contributed by atoms with Crippen LogP contribution in [0.3, 0.4) is 0 Å². The number of allylic oxidation sites excluding steroid dienone is 8. The number of alkyl halides is 3. The Bertz CT molecular complexity index is 5340. The van der Waals surface area contributed by atoms with Crippen molar-refractivity contribution in [3.05, 3.63) is 338 Å². The second-order valence-corrected chi connectivity index (χ2v) is 34.1.